The van der Waals surface area contributed by atoms with E-state index >= 15 is 0 Å². The third-order valence-electron chi connectivity index (χ3n) is 2.93. The molecule has 0 spiro atoms. The largest absolute Gasteiger partial charge is 0.368 e. The molecule has 0 aromatic rings. The average Bonchev–Trinajstić information content (AvgIpc) is 2.35. The molecule has 0 aromatic heterocycles. The van der Waals surface area contributed by atoms with Gasteiger partial charge in [-0.25, -0.2) is 0 Å². The van der Waals surface area contributed by atoms with Crippen LogP contribution < -0.4 is 0 Å². The van der Waals surface area contributed by atoms with Gasteiger partial charge in [0.25, 0.3) is 0 Å². The Balaban J connectivity index is 0.00000144. The first-order valence-electron chi connectivity index (χ1n) is 4.75. The van der Waals surface area contributed by atoms with Crippen LogP contribution in [-0.2, 0) is 32.7 Å². The molecule has 0 amide bonds. The van der Waals surface area contributed by atoms with E-state index in [0.717, 1.165) is 19.3 Å². The number of aliphatic hydroxyl groups excluding tert-OH is 1. The van der Waals surface area contributed by atoms with E-state index in [9.17, 15) is 0 Å². The predicted molar refractivity (Wildman–Crippen MR) is 48.3 cm³/mol. The van der Waals surface area contributed by atoms with E-state index in [1.165, 1.54) is 12.8 Å². The number of rotatable bonds is 3. The van der Waals surface area contributed by atoms with Gasteiger partial charge in [0, 0.05) is 38.6 Å². The molecule has 0 aliphatic heterocycles. The van der Waals surface area contributed by atoms with Gasteiger partial charge in [0.1, 0.15) is 0 Å². The Morgan fingerprint density at radius 1 is 1.31 bits per heavy atom. The van der Waals surface area contributed by atoms with Crippen molar-refractivity contribution >= 4 is 0 Å². The van der Waals surface area contributed by atoms with Crippen molar-refractivity contribution in [3.63, 3.8) is 0 Å². The van der Waals surface area contributed by atoms with Crippen LogP contribution in [0.5, 0.6) is 0 Å². The summed E-state index contributed by atoms with van der Waals surface area (Å²) in [5.74, 6) is -0.0411. The maximum atomic E-state index is 8.92. The molecule has 1 aliphatic rings. The molecule has 13 heavy (non-hydrogen) atoms. The Hall–Kier alpha value is 1.02. The Bertz CT molecular complexity index is 142. The molecule has 2 N–H and O–H groups in total. The topological polar surface area (TPSA) is 40.5 Å². The molecule has 1 unspecified atom stereocenters. The molecule has 0 saturated heterocycles. The summed E-state index contributed by atoms with van der Waals surface area (Å²) in [7, 11) is 0. The predicted octanol–water partition coefficient (Wildman–Crippen LogP) is 1.72. The van der Waals surface area contributed by atoms with E-state index in [0.29, 0.717) is 0 Å². The normalized spacial score (nSPS) is 22.8. The molecule has 75 valence electrons. The molecular formula is C10H19O2Y-. The minimum Gasteiger partial charge on any atom is -0.368 e. The van der Waals surface area contributed by atoms with E-state index in [-0.39, 0.29) is 44.0 Å². The quantitative estimate of drug-likeness (QED) is 0.599. The monoisotopic (exact) mass is 260 g/mol. The maximum absolute atomic E-state index is 8.92. The Labute approximate surface area is 106 Å². The fourth-order valence-electron chi connectivity index (χ4n) is 2.12. The first-order valence-corrected chi connectivity index (χ1v) is 4.75. The summed E-state index contributed by atoms with van der Waals surface area (Å²) in [5, 5.41) is 17.8. The summed E-state index contributed by atoms with van der Waals surface area (Å²) in [6.45, 7) is 6.04. The van der Waals surface area contributed by atoms with Crippen LogP contribution >= 0.6 is 0 Å². The number of hydrogen-bond donors (Lipinski definition) is 2. The van der Waals surface area contributed by atoms with Crippen LogP contribution in [0.4, 0.5) is 0 Å². The molecule has 0 bridgehead atoms. The molecule has 1 rings (SSSR count). The Morgan fingerprint density at radius 3 is 2.15 bits per heavy atom. The summed E-state index contributed by atoms with van der Waals surface area (Å²) in [6.07, 6.45) is 4.44. The van der Waals surface area contributed by atoms with Crippen LogP contribution in [0.2, 0.25) is 0 Å². The van der Waals surface area contributed by atoms with Crippen molar-refractivity contribution in [2.24, 2.45) is 11.3 Å². The van der Waals surface area contributed by atoms with Crippen molar-refractivity contribution in [3.8, 4) is 0 Å². The summed E-state index contributed by atoms with van der Waals surface area (Å²) < 4.78 is 0. The van der Waals surface area contributed by atoms with Gasteiger partial charge in [-0.3, -0.25) is 0 Å². The molecule has 1 fully saturated rings. The zero-order chi connectivity index (χ0) is 9.19. The van der Waals surface area contributed by atoms with Gasteiger partial charge in [0.05, 0.1) is 0 Å². The number of hydrogen-bond acceptors (Lipinski definition) is 2. The molecule has 1 atom stereocenters. The van der Waals surface area contributed by atoms with Crippen molar-refractivity contribution in [2.75, 3.05) is 0 Å². The minimum absolute atomic E-state index is 0. The third-order valence-corrected chi connectivity index (χ3v) is 2.93. The van der Waals surface area contributed by atoms with E-state index in [1.807, 2.05) is 6.92 Å². The molecule has 0 aromatic carbocycles. The van der Waals surface area contributed by atoms with Gasteiger partial charge >= 0.3 is 0 Å². The fourth-order valence-corrected chi connectivity index (χ4v) is 2.12. The molecule has 1 saturated carbocycles. The summed E-state index contributed by atoms with van der Waals surface area (Å²) >= 11 is 0. The number of aliphatic hydroxyl groups is 2. The molecule has 2 nitrogen and oxygen atoms in total. The van der Waals surface area contributed by atoms with Gasteiger partial charge in [-0.2, -0.15) is 5.41 Å². The Morgan fingerprint density at radius 2 is 1.77 bits per heavy atom. The summed E-state index contributed by atoms with van der Waals surface area (Å²) in [4.78, 5) is 0. The van der Waals surface area contributed by atoms with Crippen LogP contribution in [0.25, 0.3) is 0 Å². The SMILES string of the molecule is [CH2-]C1(CC(C)C(O)O)CCCC1.[Y]. The van der Waals surface area contributed by atoms with Crippen molar-refractivity contribution in [2.45, 2.75) is 45.3 Å². The van der Waals surface area contributed by atoms with E-state index < -0.39 is 6.29 Å². The van der Waals surface area contributed by atoms with Crippen LogP contribution in [-0.4, -0.2) is 16.5 Å². The molecule has 3 heteroatoms. The van der Waals surface area contributed by atoms with Crippen molar-refractivity contribution in [3.05, 3.63) is 6.92 Å². The molecule has 0 heterocycles. The van der Waals surface area contributed by atoms with Crippen LogP contribution in [0.1, 0.15) is 39.0 Å². The van der Waals surface area contributed by atoms with Gasteiger partial charge < -0.3 is 17.1 Å². The van der Waals surface area contributed by atoms with Crippen LogP contribution in [0.3, 0.4) is 0 Å². The molecule has 1 aliphatic carbocycles. The van der Waals surface area contributed by atoms with E-state index in [1.54, 1.807) is 0 Å². The zero-order valence-corrected chi connectivity index (χ0v) is 11.2. The minimum atomic E-state index is -1.18. The maximum Gasteiger partial charge on any atom is 0.153 e. The first kappa shape index (κ1) is 14.0. The van der Waals surface area contributed by atoms with Crippen LogP contribution in [0.15, 0.2) is 0 Å². The third kappa shape index (κ3) is 4.37. The van der Waals surface area contributed by atoms with Gasteiger partial charge in [0.15, 0.2) is 6.29 Å². The summed E-state index contributed by atoms with van der Waals surface area (Å²) in [5.41, 5.74) is 0.128. The Kier molecular flexibility index (Phi) is 6.25. The van der Waals surface area contributed by atoms with Crippen molar-refractivity contribution in [1.29, 1.82) is 0 Å². The second kappa shape index (κ2) is 5.80. The van der Waals surface area contributed by atoms with Gasteiger partial charge in [-0.05, 0) is 0 Å². The average molecular weight is 260 g/mol. The summed E-state index contributed by atoms with van der Waals surface area (Å²) in [6, 6.07) is 0. The van der Waals surface area contributed by atoms with Gasteiger partial charge in [-0.1, -0.05) is 39.0 Å². The van der Waals surface area contributed by atoms with E-state index in [2.05, 4.69) is 6.92 Å². The van der Waals surface area contributed by atoms with Gasteiger partial charge in [0.2, 0.25) is 0 Å². The molecular weight excluding hydrogens is 241 g/mol. The van der Waals surface area contributed by atoms with Crippen LogP contribution in [0, 0.1) is 18.3 Å². The fraction of sp³-hybridized carbons (Fsp3) is 0.900. The molecule has 1 radical (unpaired) electrons. The second-order valence-corrected chi connectivity index (χ2v) is 4.30. The first-order chi connectivity index (χ1) is 5.53. The van der Waals surface area contributed by atoms with E-state index in [4.69, 9.17) is 10.2 Å². The van der Waals surface area contributed by atoms with Crippen molar-refractivity contribution in [1.82, 2.24) is 0 Å². The van der Waals surface area contributed by atoms with Gasteiger partial charge in [-0.15, -0.1) is 0 Å². The zero-order valence-electron chi connectivity index (χ0n) is 8.37. The van der Waals surface area contributed by atoms with Crippen molar-refractivity contribution < 1.29 is 42.9 Å². The second-order valence-electron chi connectivity index (χ2n) is 4.30. The smallest absolute Gasteiger partial charge is 0.153 e. The standard InChI is InChI=1S/C10H19O2.Y/c1-8(9(11)12)7-10(2)5-3-4-6-10;/h8-9,11-12H,2-7H2,1H3;/q-1;.